The van der Waals surface area contributed by atoms with Gasteiger partial charge in [0.2, 0.25) is 0 Å². The summed E-state index contributed by atoms with van der Waals surface area (Å²) in [5.74, 6) is -0.462. The molecule has 0 fully saturated rings. The minimum Gasteiger partial charge on any atom is -0.455 e. The zero-order chi connectivity index (χ0) is 17.1. The molecule has 0 aliphatic carbocycles. The van der Waals surface area contributed by atoms with Gasteiger partial charge in [-0.05, 0) is 42.5 Å². The van der Waals surface area contributed by atoms with E-state index in [0.717, 1.165) is 0 Å². The van der Waals surface area contributed by atoms with E-state index in [2.05, 4.69) is 10.3 Å². The van der Waals surface area contributed by atoms with Crippen molar-refractivity contribution in [1.29, 1.82) is 0 Å². The molecule has 24 heavy (non-hydrogen) atoms. The first-order valence-corrected chi connectivity index (χ1v) is 7.95. The average molecular weight is 383 g/mol. The maximum Gasteiger partial charge on any atom is 0.338 e. The Morgan fingerprint density at radius 3 is 2.50 bits per heavy atom. The van der Waals surface area contributed by atoms with Gasteiger partial charge in [0, 0.05) is 5.02 Å². The van der Waals surface area contributed by atoms with Gasteiger partial charge in [0.1, 0.15) is 12.3 Å². The Bertz CT molecular complexity index is 879. The Morgan fingerprint density at radius 2 is 1.79 bits per heavy atom. The maximum atomic E-state index is 11.9. The molecular weight excluding hydrogens is 373 g/mol. The summed E-state index contributed by atoms with van der Waals surface area (Å²) in [5, 5.41) is 9.36. The minimum absolute atomic E-state index is 0.00276. The van der Waals surface area contributed by atoms with Crippen LogP contribution in [-0.4, -0.2) is 21.0 Å². The number of carbonyl (C=O) groups excluding carboxylic acids is 1. The van der Waals surface area contributed by atoms with E-state index in [9.17, 15) is 4.79 Å². The van der Waals surface area contributed by atoms with Crippen LogP contribution in [0.1, 0.15) is 16.1 Å². The van der Waals surface area contributed by atoms with Crippen molar-refractivity contribution >= 4 is 40.8 Å². The van der Waals surface area contributed by atoms with Crippen LogP contribution in [0.3, 0.4) is 0 Å². The highest BCUT2D eigenvalue weighted by atomic mass is 35.5. The summed E-state index contributed by atoms with van der Waals surface area (Å²) in [6.45, 7) is 0.00276. The first kappa shape index (κ1) is 16.8. The molecule has 122 valence electrons. The monoisotopic (exact) mass is 381 g/mol. The van der Waals surface area contributed by atoms with Gasteiger partial charge in [0.05, 0.1) is 27.5 Å². The van der Waals surface area contributed by atoms with E-state index in [4.69, 9.17) is 39.5 Å². The Kier molecular flexibility index (Phi) is 5.04. The van der Waals surface area contributed by atoms with Crippen LogP contribution in [-0.2, 0) is 11.3 Å². The average Bonchev–Trinajstić information content (AvgIpc) is 3.05. The predicted octanol–water partition coefficient (Wildman–Crippen LogP) is 4.58. The molecule has 2 aromatic carbocycles. The van der Waals surface area contributed by atoms with Gasteiger partial charge in [-0.25, -0.2) is 9.48 Å². The highest BCUT2D eigenvalue weighted by Gasteiger charge is 2.10. The molecule has 0 saturated carbocycles. The molecule has 0 radical (unpaired) electrons. The summed E-state index contributed by atoms with van der Waals surface area (Å²) in [4.78, 5) is 11.9. The maximum absolute atomic E-state index is 11.9. The highest BCUT2D eigenvalue weighted by Crippen LogP contribution is 2.24. The van der Waals surface area contributed by atoms with Gasteiger partial charge >= 0.3 is 5.97 Å². The molecular formula is C16H10Cl3N3O2. The third-order valence-corrected chi connectivity index (χ3v) is 4.13. The molecule has 0 aliphatic rings. The van der Waals surface area contributed by atoms with E-state index in [0.29, 0.717) is 32.0 Å². The van der Waals surface area contributed by atoms with Crippen LogP contribution in [0.25, 0.3) is 5.69 Å². The minimum atomic E-state index is -0.462. The van der Waals surface area contributed by atoms with Crippen molar-refractivity contribution in [2.24, 2.45) is 0 Å². The quantitative estimate of drug-likeness (QED) is 0.620. The lowest BCUT2D eigenvalue weighted by molar-refractivity contribution is 0.0467. The van der Waals surface area contributed by atoms with Crippen LogP contribution < -0.4 is 0 Å². The number of carbonyl (C=O) groups is 1. The molecule has 1 aromatic heterocycles. The normalized spacial score (nSPS) is 10.6. The number of benzene rings is 2. The van der Waals surface area contributed by atoms with Gasteiger partial charge < -0.3 is 4.74 Å². The van der Waals surface area contributed by atoms with Crippen molar-refractivity contribution in [1.82, 2.24) is 15.0 Å². The van der Waals surface area contributed by atoms with Crippen LogP contribution in [0, 0.1) is 0 Å². The highest BCUT2D eigenvalue weighted by molar-refractivity contribution is 6.42. The Labute approximate surface area is 152 Å². The third-order valence-electron chi connectivity index (χ3n) is 3.14. The molecule has 0 amide bonds. The Morgan fingerprint density at radius 1 is 1.04 bits per heavy atom. The van der Waals surface area contributed by atoms with Gasteiger partial charge in [-0.3, -0.25) is 0 Å². The summed E-state index contributed by atoms with van der Waals surface area (Å²) < 4.78 is 6.72. The zero-order valence-corrected chi connectivity index (χ0v) is 14.4. The molecule has 3 rings (SSSR count). The van der Waals surface area contributed by atoms with E-state index in [1.807, 2.05) is 0 Å². The molecule has 0 spiro atoms. The fraction of sp³-hybridized carbons (Fsp3) is 0.0625. The molecule has 5 nitrogen and oxygen atoms in total. The fourth-order valence-electron chi connectivity index (χ4n) is 1.93. The number of hydrogen-bond acceptors (Lipinski definition) is 4. The van der Waals surface area contributed by atoms with Gasteiger partial charge in [0.15, 0.2) is 0 Å². The number of hydrogen-bond donors (Lipinski definition) is 0. The predicted molar refractivity (Wildman–Crippen MR) is 92.0 cm³/mol. The van der Waals surface area contributed by atoms with Gasteiger partial charge in [-0.1, -0.05) is 40.0 Å². The third kappa shape index (κ3) is 3.87. The molecule has 8 heteroatoms. The van der Waals surface area contributed by atoms with Crippen molar-refractivity contribution in [3.05, 3.63) is 75.0 Å². The molecule has 0 aliphatic heterocycles. The summed E-state index contributed by atoms with van der Waals surface area (Å²) in [6, 6.07) is 11.5. The number of rotatable bonds is 4. The summed E-state index contributed by atoms with van der Waals surface area (Å²) in [7, 11) is 0. The van der Waals surface area contributed by atoms with Crippen molar-refractivity contribution < 1.29 is 9.53 Å². The van der Waals surface area contributed by atoms with Crippen molar-refractivity contribution in [3.63, 3.8) is 0 Å². The zero-order valence-electron chi connectivity index (χ0n) is 12.1. The number of halogens is 3. The lowest BCUT2D eigenvalue weighted by atomic mass is 10.2. The molecule has 0 N–H and O–H groups in total. The van der Waals surface area contributed by atoms with Crippen LogP contribution in [0.15, 0.2) is 48.7 Å². The summed E-state index contributed by atoms with van der Waals surface area (Å²) >= 11 is 17.6. The van der Waals surface area contributed by atoms with E-state index in [-0.39, 0.29) is 6.61 Å². The van der Waals surface area contributed by atoms with Crippen molar-refractivity contribution in [3.8, 4) is 5.69 Å². The standard InChI is InChI=1S/C16H10Cl3N3O2/c17-11-3-1-10(2-4-11)16(23)24-9-12-8-22(21-20-12)13-5-6-14(18)15(19)7-13/h1-8H,9H2. The van der Waals surface area contributed by atoms with Crippen LogP contribution >= 0.6 is 34.8 Å². The van der Waals surface area contributed by atoms with E-state index in [1.165, 1.54) is 4.68 Å². The van der Waals surface area contributed by atoms with Gasteiger partial charge in [-0.2, -0.15) is 0 Å². The second-order valence-electron chi connectivity index (χ2n) is 4.84. The molecule has 0 unspecified atom stereocenters. The smallest absolute Gasteiger partial charge is 0.338 e. The lowest BCUT2D eigenvalue weighted by Gasteiger charge is -2.03. The van der Waals surface area contributed by atoms with Crippen LogP contribution in [0.4, 0.5) is 0 Å². The molecule has 0 bridgehead atoms. The van der Waals surface area contributed by atoms with Crippen molar-refractivity contribution in [2.75, 3.05) is 0 Å². The molecule has 3 aromatic rings. The SMILES string of the molecule is O=C(OCc1cn(-c2ccc(Cl)c(Cl)c2)nn1)c1ccc(Cl)cc1. The lowest BCUT2D eigenvalue weighted by Crippen LogP contribution is -2.05. The van der Waals surface area contributed by atoms with Crippen LogP contribution in [0.2, 0.25) is 15.1 Å². The van der Waals surface area contributed by atoms with E-state index in [1.54, 1.807) is 48.7 Å². The van der Waals surface area contributed by atoms with Crippen LogP contribution in [0.5, 0.6) is 0 Å². The fourth-order valence-corrected chi connectivity index (χ4v) is 2.35. The van der Waals surface area contributed by atoms with Crippen molar-refractivity contribution in [2.45, 2.75) is 6.61 Å². The summed E-state index contributed by atoms with van der Waals surface area (Å²) in [6.07, 6.45) is 1.65. The first-order chi connectivity index (χ1) is 11.5. The molecule has 0 atom stereocenters. The first-order valence-electron chi connectivity index (χ1n) is 6.82. The Hall–Kier alpha value is -2.08. The van der Waals surface area contributed by atoms with E-state index >= 15 is 0 Å². The number of ether oxygens (including phenoxy) is 1. The number of esters is 1. The molecule has 1 heterocycles. The second kappa shape index (κ2) is 7.21. The second-order valence-corrected chi connectivity index (χ2v) is 6.09. The van der Waals surface area contributed by atoms with Gasteiger partial charge in [-0.15, -0.1) is 5.10 Å². The largest absolute Gasteiger partial charge is 0.455 e. The van der Waals surface area contributed by atoms with Gasteiger partial charge in [0.25, 0.3) is 0 Å². The molecule has 0 saturated heterocycles. The topological polar surface area (TPSA) is 57.0 Å². The summed E-state index contributed by atoms with van der Waals surface area (Å²) in [5.41, 5.74) is 1.62. The number of aromatic nitrogens is 3. The number of nitrogens with zero attached hydrogens (tertiary/aromatic N) is 3. The van der Waals surface area contributed by atoms with E-state index < -0.39 is 5.97 Å². The Balaban J connectivity index is 1.66.